The minimum Gasteiger partial charge on any atom is -0.313 e. The van der Waals surface area contributed by atoms with Gasteiger partial charge in [0.2, 0.25) is 0 Å². The standard InChI is InChI=1S/C11H17NS2/c1-9-7-10(8-14-9)12-5-4-11-3-2-6-13-11/h2-3,6,9-10,12H,4-5,7-8H2,1H3. The molecule has 2 atom stereocenters. The van der Waals surface area contributed by atoms with Crippen molar-refractivity contribution in [2.45, 2.75) is 31.1 Å². The van der Waals surface area contributed by atoms with Crippen molar-refractivity contribution in [1.82, 2.24) is 5.32 Å². The summed E-state index contributed by atoms with van der Waals surface area (Å²) in [5, 5.41) is 6.65. The van der Waals surface area contributed by atoms with Crippen molar-refractivity contribution in [2.24, 2.45) is 0 Å². The second kappa shape index (κ2) is 5.19. The van der Waals surface area contributed by atoms with Gasteiger partial charge in [0, 0.05) is 28.5 Å². The third kappa shape index (κ3) is 3.01. The van der Waals surface area contributed by atoms with Gasteiger partial charge in [0.25, 0.3) is 0 Å². The molecule has 0 aliphatic carbocycles. The molecule has 0 saturated carbocycles. The highest BCUT2D eigenvalue weighted by Crippen LogP contribution is 2.25. The zero-order valence-corrected chi connectivity index (χ0v) is 10.2. The Morgan fingerprint density at radius 3 is 3.14 bits per heavy atom. The van der Waals surface area contributed by atoms with Gasteiger partial charge in [-0.3, -0.25) is 0 Å². The lowest BCUT2D eigenvalue weighted by Gasteiger charge is -2.10. The van der Waals surface area contributed by atoms with E-state index in [1.807, 2.05) is 11.3 Å². The van der Waals surface area contributed by atoms with Crippen molar-refractivity contribution in [3.63, 3.8) is 0 Å². The molecular formula is C11H17NS2. The van der Waals surface area contributed by atoms with Crippen molar-refractivity contribution >= 4 is 23.1 Å². The second-order valence-corrected chi connectivity index (χ2v) is 6.36. The normalized spacial score (nSPS) is 26.9. The molecule has 1 aromatic heterocycles. The summed E-state index contributed by atoms with van der Waals surface area (Å²) in [7, 11) is 0. The second-order valence-electron chi connectivity index (χ2n) is 3.86. The lowest BCUT2D eigenvalue weighted by atomic mass is 10.2. The summed E-state index contributed by atoms with van der Waals surface area (Å²) < 4.78 is 0. The van der Waals surface area contributed by atoms with E-state index in [4.69, 9.17) is 0 Å². The summed E-state index contributed by atoms with van der Waals surface area (Å²) in [6, 6.07) is 5.11. The molecule has 0 radical (unpaired) electrons. The first-order valence-corrected chi connectivity index (χ1v) is 7.15. The molecule has 0 bridgehead atoms. The van der Waals surface area contributed by atoms with Gasteiger partial charge < -0.3 is 5.32 Å². The number of rotatable bonds is 4. The van der Waals surface area contributed by atoms with Gasteiger partial charge in [0.05, 0.1) is 0 Å². The van der Waals surface area contributed by atoms with Gasteiger partial charge in [-0.25, -0.2) is 0 Å². The van der Waals surface area contributed by atoms with Gasteiger partial charge in [0.1, 0.15) is 0 Å². The summed E-state index contributed by atoms with van der Waals surface area (Å²) >= 11 is 3.95. The number of hydrogen-bond acceptors (Lipinski definition) is 3. The molecule has 0 spiro atoms. The molecule has 2 rings (SSSR count). The van der Waals surface area contributed by atoms with Crippen LogP contribution in [-0.2, 0) is 6.42 Å². The molecule has 1 fully saturated rings. The van der Waals surface area contributed by atoms with Crippen LogP contribution in [0.2, 0.25) is 0 Å². The summed E-state index contributed by atoms with van der Waals surface area (Å²) in [5.74, 6) is 1.30. The van der Waals surface area contributed by atoms with Gasteiger partial charge in [0.15, 0.2) is 0 Å². The topological polar surface area (TPSA) is 12.0 Å². The molecule has 0 aromatic carbocycles. The first kappa shape index (κ1) is 10.5. The lowest BCUT2D eigenvalue weighted by molar-refractivity contribution is 0.543. The van der Waals surface area contributed by atoms with E-state index in [9.17, 15) is 0 Å². The van der Waals surface area contributed by atoms with Crippen LogP contribution in [0.4, 0.5) is 0 Å². The van der Waals surface area contributed by atoms with Crippen LogP contribution in [-0.4, -0.2) is 23.6 Å². The Labute approximate surface area is 94.3 Å². The van der Waals surface area contributed by atoms with Gasteiger partial charge in [-0.15, -0.1) is 11.3 Å². The highest BCUT2D eigenvalue weighted by molar-refractivity contribution is 8.00. The average molecular weight is 227 g/mol. The fraction of sp³-hybridized carbons (Fsp3) is 0.636. The van der Waals surface area contributed by atoms with Gasteiger partial charge >= 0.3 is 0 Å². The van der Waals surface area contributed by atoms with Gasteiger partial charge in [-0.2, -0.15) is 11.8 Å². The predicted molar refractivity (Wildman–Crippen MR) is 66.4 cm³/mol. The third-order valence-corrected chi connectivity index (χ3v) is 4.88. The number of thioether (sulfide) groups is 1. The Morgan fingerprint density at radius 2 is 2.50 bits per heavy atom. The maximum atomic E-state index is 3.64. The minimum absolute atomic E-state index is 0.759. The number of nitrogens with one attached hydrogen (secondary N) is 1. The van der Waals surface area contributed by atoms with Crippen LogP contribution >= 0.6 is 23.1 Å². The Kier molecular flexibility index (Phi) is 3.90. The monoisotopic (exact) mass is 227 g/mol. The molecule has 1 aliphatic heterocycles. The van der Waals surface area contributed by atoms with E-state index in [-0.39, 0.29) is 0 Å². The maximum absolute atomic E-state index is 3.64. The van der Waals surface area contributed by atoms with Gasteiger partial charge in [-0.1, -0.05) is 13.0 Å². The highest BCUT2D eigenvalue weighted by Gasteiger charge is 2.20. The number of hydrogen-bond donors (Lipinski definition) is 1. The molecule has 3 heteroatoms. The smallest absolute Gasteiger partial charge is 0.0168 e. The van der Waals surface area contributed by atoms with E-state index in [0.29, 0.717) is 0 Å². The van der Waals surface area contributed by atoms with Crippen molar-refractivity contribution in [3.05, 3.63) is 22.4 Å². The molecule has 1 aromatic rings. The molecule has 78 valence electrons. The number of thiophene rings is 1. The maximum Gasteiger partial charge on any atom is 0.0168 e. The molecule has 2 heterocycles. The molecule has 0 amide bonds. The molecule has 14 heavy (non-hydrogen) atoms. The summed E-state index contributed by atoms with van der Waals surface area (Å²) in [6.07, 6.45) is 2.53. The van der Waals surface area contributed by atoms with E-state index < -0.39 is 0 Å². The van der Waals surface area contributed by atoms with E-state index in [1.165, 1.54) is 23.5 Å². The van der Waals surface area contributed by atoms with Crippen molar-refractivity contribution in [2.75, 3.05) is 12.3 Å². The molecule has 1 saturated heterocycles. The lowest BCUT2D eigenvalue weighted by Crippen LogP contribution is -2.30. The Hall–Kier alpha value is 0.01000. The summed E-state index contributed by atoms with van der Waals surface area (Å²) in [5.41, 5.74) is 0. The zero-order valence-electron chi connectivity index (χ0n) is 8.53. The van der Waals surface area contributed by atoms with Crippen molar-refractivity contribution in [3.8, 4) is 0 Å². The van der Waals surface area contributed by atoms with E-state index in [2.05, 4.69) is 41.5 Å². The fourth-order valence-electron chi connectivity index (χ4n) is 1.81. The average Bonchev–Trinajstić information content (AvgIpc) is 2.77. The third-order valence-electron chi connectivity index (χ3n) is 2.58. The van der Waals surface area contributed by atoms with Crippen LogP contribution in [0.25, 0.3) is 0 Å². The Morgan fingerprint density at radius 1 is 1.57 bits per heavy atom. The molecular weight excluding hydrogens is 210 g/mol. The van der Waals surface area contributed by atoms with Crippen LogP contribution in [0, 0.1) is 0 Å². The largest absolute Gasteiger partial charge is 0.313 e. The zero-order chi connectivity index (χ0) is 9.80. The SMILES string of the molecule is CC1CC(NCCc2cccs2)CS1. The molecule has 1 nitrogen and oxygen atoms in total. The van der Waals surface area contributed by atoms with E-state index in [0.717, 1.165) is 17.8 Å². The molecule has 1 aliphatic rings. The quantitative estimate of drug-likeness (QED) is 0.849. The van der Waals surface area contributed by atoms with E-state index >= 15 is 0 Å². The van der Waals surface area contributed by atoms with Crippen LogP contribution < -0.4 is 5.32 Å². The van der Waals surface area contributed by atoms with Crippen LogP contribution in [0.5, 0.6) is 0 Å². The van der Waals surface area contributed by atoms with Crippen LogP contribution in [0.3, 0.4) is 0 Å². The highest BCUT2D eigenvalue weighted by atomic mass is 32.2. The van der Waals surface area contributed by atoms with Crippen molar-refractivity contribution in [1.29, 1.82) is 0 Å². The Balaban J connectivity index is 1.64. The van der Waals surface area contributed by atoms with Crippen LogP contribution in [0.1, 0.15) is 18.2 Å². The first-order chi connectivity index (χ1) is 6.84. The van der Waals surface area contributed by atoms with E-state index in [1.54, 1.807) is 0 Å². The van der Waals surface area contributed by atoms with Gasteiger partial charge in [-0.05, 0) is 24.3 Å². The molecule has 2 unspecified atom stereocenters. The predicted octanol–water partition coefficient (Wildman–Crippen LogP) is 2.77. The first-order valence-electron chi connectivity index (χ1n) is 5.22. The van der Waals surface area contributed by atoms with Crippen molar-refractivity contribution < 1.29 is 0 Å². The Bertz CT molecular complexity index is 258. The van der Waals surface area contributed by atoms with Crippen LogP contribution in [0.15, 0.2) is 17.5 Å². The summed E-state index contributed by atoms with van der Waals surface area (Å²) in [6.45, 7) is 3.46. The fourth-order valence-corrected chi connectivity index (χ4v) is 3.71. The minimum atomic E-state index is 0.759. The summed E-state index contributed by atoms with van der Waals surface area (Å²) in [4.78, 5) is 1.50. The molecule has 1 N–H and O–H groups in total.